The summed E-state index contributed by atoms with van der Waals surface area (Å²) in [5.41, 5.74) is 3.55. The fraction of sp³-hybridized carbons (Fsp3) is 0.0526. The highest BCUT2D eigenvalue weighted by Crippen LogP contribution is 2.38. The summed E-state index contributed by atoms with van der Waals surface area (Å²) in [7, 11) is 1.59. The maximum absolute atomic E-state index is 10.2. The molecule has 0 aliphatic carbocycles. The van der Waals surface area contributed by atoms with Crippen LogP contribution in [0.3, 0.4) is 0 Å². The van der Waals surface area contributed by atoms with Gasteiger partial charge in [-0.25, -0.2) is 0 Å². The van der Waals surface area contributed by atoms with Crippen LogP contribution in [-0.4, -0.2) is 23.4 Å². The Hall–Kier alpha value is -2.83. The highest BCUT2D eigenvalue weighted by atomic mass is 35.5. The van der Waals surface area contributed by atoms with Crippen LogP contribution in [0.15, 0.2) is 47.5 Å². The van der Waals surface area contributed by atoms with Crippen molar-refractivity contribution in [1.82, 2.24) is 4.98 Å². The number of fused-ring (bicyclic) bond motifs is 1. The standard InChI is InChI=1S/C19H14ClN3O2S/c1-25-12-6-7-14(20)16(9-12)22-19-23-18(24)17(26-19)8-11-10-21-15-5-3-2-4-13(11)15/h2-10,24H,1H3,(H,22,23)/b11-8-. The van der Waals surface area contributed by atoms with E-state index in [0.717, 1.165) is 16.8 Å². The zero-order valence-electron chi connectivity index (χ0n) is 13.7. The monoisotopic (exact) mass is 383 g/mol. The summed E-state index contributed by atoms with van der Waals surface area (Å²) >= 11 is 7.54. The minimum Gasteiger partial charge on any atom is -0.497 e. The number of para-hydroxylation sites is 1. The van der Waals surface area contributed by atoms with E-state index >= 15 is 0 Å². The third kappa shape index (κ3) is 3.16. The Labute approximate surface area is 159 Å². The first kappa shape index (κ1) is 16.6. The van der Waals surface area contributed by atoms with Crippen LogP contribution in [0.4, 0.5) is 16.5 Å². The van der Waals surface area contributed by atoms with Crippen molar-refractivity contribution in [2.45, 2.75) is 0 Å². The molecule has 1 aromatic heterocycles. The van der Waals surface area contributed by atoms with Crippen molar-refractivity contribution < 1.29 is 9.84 Å². The van der Waals surface area contributed by atoms with Gasteiger partial charge in [-0.3, -0.25) is 4.99 Å². The van der Waals surface area contributed by atoms with Crippen LogP contribution in [0, 0.1) is 0 Å². The second-order valence-corrected chi connectivity index (χ2v) is 6.99. The largest absolute Gasteiger partial charge is 0.497 e. The Balaban J connectivity index is 1.63. The fourth-order valence-corrected chi connectivity index (χ4v) is 3.60. The lowest BCUT2D eigenvalue weighted by Gasteiger charge is -2.07. The van der Waals surface area contributed by atoms with Gasteiger partial charge >= 0.3 is 0 Å². The molecule has 1 aliphatic rings. The molecule has 1 aliphatic heterocycles. The van der Waals surface area contributed by atoms with Gasteiger partial charge in [-0.1, -0.05) is 41.1 Å². The number of hydrogen-bond acceptors (Lipinski definition) is 6. The predicted octanol–water partition coefficient (Wildman–Crippen LogP) is 5.51. The molecule has 4 rings (SSSR count). The van der Waals surface area contributed by atoms with E-state index in [9.17, 15) is 5.11 Å². The Morgan fingerprint density at radius 1 is 1.23 bits per heavy atom. The number of nitrogens with one attached hydrogen (secondary N) is 1. The number of ether oxygens (including phenoxy) is 1. The molecule has 2 heterocycles. The smallest absolute Gasteiger partial charge is 0.231 e. The van der Waals surface area contributed by atoms with Gasteiger partial charge in [0.05, 0.1) is 28.4 Å². The number of aliphatic imine (C=N–C) groups is 1. The minimum absolute atomic E-state index is 0.0400. The molecule has 5 nitrogen and oxygen atoms in total. The third-order valence-corrected chi connectivity index (χ3v) is 5.13. The molecule has 2 aromatic carbocycles. The molecule has 0 bridgehead atoms. The number of anilines is 2. The highest BCUT2D eigenvalue weighted by molar-refractivity contribution is 7.16. The zero-order chi connectivity index (χ0) is 18.1. The average Bonchev–Trinajstić information content (AvgIpc) is 3.21. The van der Waals surface area contributed by atoms with Gasteiger partial charge in [0.25, 0.3) is 0 Å². The second-order valence-electron chi connectivity index (χ2n) is 5.55. The van der Waals surface area contributed by atoms with E-state index in [1.807, 2.05) is 30.3 Å². The number of aromatic nitrogens is 1. The van der Waals surface area contributed by atoms with Crippen molar-refractivity contribution in [3.8, 4) is 11.6 Å². The van der Waals surface area contributed by atoms with E-state index in [0.29, 0.717) is 26.5 Å². The first-order valence-corrected chi connectivity index (χ1v) is 8.99. The van der Waals surface area contributed by atoms with Gasteiger partial charge in [0, 0.05) is 23.4 Å². The molecule has 0 unspecified atom stereocenters. The topological polar surface area (TPSA) is 66.7 Å². The average molecular weight is 384 g/mol. The van der Waals surface area contributed by atoms with Crippen LogP contribution in [0.25, 0.3) is 11.6 Å². The normalized spacial score (nSPS) is 13.8. The Morgan fingerprint density at radius 2 is 2.08 bits per heavy atom. The van der Waals surface area contributed by atoms with Crippen molar-refractivity contribution >= 4 is 57.3 Å². The molecule has 0 atom stereocenters. The van der Waals surface area contributed by atoms with Gasteiger partial charge < -0.3 is 15.2 Å². The Morgan fingerprint density at radius 3 is 2.92 bits per heavy atom. The van der Waals surface area contributed by atoms with Gasteiger partial charge in [-0.2, -0.15) is 4.98 Å². The summed E-state index contributed by atoms with van der Waals surface area (Å²) in [4.78, 5) is 9.19. The SMILES string of the molecule is COc1ccc(Cl)c(Nc2nc(O)c(/C=C3/C=Nc4ccccc43)s2)c1. The van der Waals surface area contributed by atoms with Crippen LogP contribution in [0.2, 0.25) is 5.02 Å². The lowest BCUT2D eigenvalue weighted by molar-refractivity contribution is 0.415. The van der Waals surface area contributed by atoms with Gasteiger partial charge in [0.15, 0.2) is 5.13 Å². The summed E-state index contributed by atoms with van der Waals surface area (Å²) in [6.45, 7) is 0. The number of allylic oxidation sites excluding steroid dienone is 1. The molecule has 0 saturated carbocycles. The molecule has 7 heteroatoms. The van der Waals surface area contributed by atoms with E-state index in [4.69, 9.17) is 16.3 Å². The van der Waals surface area contributed by atoms with Gasteiger partial charge in [0.1, 0.15) is 5.75 Å². The number of methoxy groups -OCH3 is 1. The highest BCUT2D eigenvalue weighted by Gasteiger charge is 2.15. The van der Waals surface area contributed by atoms with Crippen molar-refractivity contribution in [3.05, 3.63) is 57.9 Å². The minimum atomic E-state index is -0.0400. The molecule has 26 heavy (non-hydrogen) atoms. The van der Waals surface area contributed by atoms with Gasteiger partial charge in [0.2, 0.25) is 5.88 Å². The first-order valence-electron chi connectivity index (χ1n) is 7.79. The first-order chi connectivity index (χ1) is 12.6. The Bertz CT molecular complexity index is 1040. The van der Waals surface area contributed by atoms with E-state index < -0.39 is 0 Å². The van der Waals surface area contributed by atoms with E-state index in [2.05, 4.69) is 15.3 Å². The van der Waals surface area contributed by atoms with Crippen molar-refractivity contribution in [3.63, 3.8) is 0 Å². The maximum atomic E-state index is 10.2. The van der Waals surface area contributed by atoms with Crippen molar-refractivity contribution in [2.75, 3.05) is 12.4 Å². The number of halogens is 1. The lowest BCUT2D eigenvalue weighted by Crippen LogP contribution is -1.91. The van der Waals surface area contributed by atoms with Crippen molar-refractivity contribution in [1.29, 1.82) is 0 Å². The van der Waals surface area contributed by atoms with E-state index in [1.165, 1.54) is 11.3 Å². The number of rotatable bonds is 4. The molecule has 0 spiro atoms. The molecule has 3 aromatic rings. The lowest BCUT2D eigenvalue weighted by atomic mass is 10.1. The summed E-state index contributed by atoms with van der Waals surface area (Å²) in [5, 5.41) is 14.4. The van der Waals surface area contributed by atoms with Crippen LogP contribution >= 0.6 is 22.9 Å². The van der Waals surface area contributed by atoms with E-state index in [-0.39, 0.29) is 5.88 Å². The summed E-state index contributed by atoms with van der Waals surface area (Å²) in [6, 6.07) is 13.2. The van der Waals surface area contributed by atoms with Crippen LogP contribution in [0.5, 0.6) is 11.6 Å². The molecule has 0 saturated heterocycles. The molecular formula is C19H14ClN3O2S. The zero-order valence-corrected chi connectivity index (χ0v) is 15.3. The number of hydrogen-bond donors (Lipinski definition) is 2. The maximum Gasteiger partial charge on any atom is 0.231 e. The number of nitrogens with zero attached hydrogens (tertiary/aromatic N) is 2. The molecule has 0 radical (unpaired) electrons. The summed E-state index contributed by atoms with van der Waals surface area (Å²) in [5.74, 6) is 0.639. The molecule has 2 N–H and O–H groups in total. The van der Waals surface area contributed by atoms with E-state index in [1.54, 1.807) is 31.5 Å². The van der Waals surface area contributed by atoms with Crippen LogP contribution < -0.4 is 10.1 Å². The molecular weight excluding hydrogens is 370 g/mol. The number of aromatic hydroxyl groups is 1. The van der Waals surface area contributed by atoms with Crippen LogP contribution in [-0.2, 0) is 0 Å². The molecule has 130 valence electrons. The summed E-state index contributed by atoms with van der Waals surface area (Å²) in [6.07, 6.45) is 3.66. The molecule has 0 fully saturated rings. The van der Waals surface area contributed by atoms with Crippen molar-refractivity contribution in [2.24, 2.45) is 4.99 Å². The Kier molecular flexibility index (Phi) is 4.36. The number of thiazole rings is 1. The third-order valence-electron chi connectivity index (χ3n) is 3.89. The summed E-state index contributed by atoms with van der Waals surface area (Å²) < 4.78 is 5.21. The van der Waals surface area contributed by atoms with Gasteiger partial charge in [-0.05, 0) is 24.3 Å². The second kappa shape index (κ2) is 6.82. The fourth-order valence-electron chi connectivity index (χ4n) is 2.61. The van der Waals surface area contributed by atoms with Gasteiger partial charge in [-0.15, -0.1) is 0 Å². The number of benzene rings is 2. The van der Waals surface area contributed by atoms with Crippen LogP contribution in [0.1, 0.15) is 10.4 Å². The predicted molar refractivity (Wildman–Crippen MR) is 108 cm³/mol. The quantitative estimate of drug-likeness (QED) is 0.623. The molecule has 0 amide bonds.